The monoisotopic (exact) mass is 442 g/mol. The molecule has 0 saturated carbocycles. The Morgan fingerprint density at radius 1 is 0.789 bits per heavy atom. The normalized spacial score (nSPS) is 12.3. The highest BCUT2D eigenvalue weighted by molar-refractivity contribution is 9.11. The lowest BCUT2D eigenvalue weighted by Gasteiger charge is -2.22. The summed E-state index contributed by atoms with van der Waals surface area (Å²) in [5.41, 5.74) is 0. The first-order chi connectivity index (χ1) is 8.97. The molecule has 0 aliphatic carbocycles. The summed E-state index contributed by atoms with van der Waals surface area (Å²) in [4.78, 5) is 0. The number of fused-ring (bicyclic) bond motifs is 2. The summed E-state index contributed by atoms with van der Waals surface area (Å²) in [5, 5.41) is 1.30. The quantitative estimate of drug-likeness (QED) is 0.345. The van der Waals surface area contributed by atoms with E-state index in [0.717, 1.165) is 0 Å². The highest BCUT2D eigenvalue weighted by Gasteiger charge is 2.25. The molecule has 1 aliphatic rings. The van der Waals surface area contributed by atoms with Gasteiger partial charge in [0.05, 0.1) is 19.5 Å². The number of hydrogen-bond acceptors (Lipinski definition) is 2. The van der Waals surface area contributed by atoms with Crippen LogP contribution in [0.4, 0.5) is 0 Å². The van der Waals surface area contributed by atoms with Crippen LogP contribution < -0.4 is 9.47 Å². The summed E-state index contributed by atoms with van der Waals surface area (Å²) in [6, 6.07) is 4.94. The van der Waals surface area contributed by atoms with Crippen molar-refractivity contribution in [3.8, 4) is 23.0 Å². The van der Waals surface area contributed by atoms with E-state index in [4.69, 9.17) is 44.3 Å². The van der Waals surface area contributed by atoms with Gasteiger partial charge in [-0.15, -0.1) is 0 Å². The minimum atomic E-state index is 0.395. The Bertz CT molecular complexity index is 704. The van der Waals surface area contributed by atoms with Crippen LogP contribution in [0.2, 0.25) is 15.1 Å². The average Bonchev–Trinajstić information content (AvgIpc) is 2.37. The van der Waals surface area contributed by atoms with Crippen molar-refractivity contribution in [2.75, 3.05) is 0 Å². The topological polar surface area (TPSA) is 18.5 Å². The van der Waals surface area contributed by atoms with Crippen molar-refractivity contribution in [3.05, 3.63) is 42.2 Å². The predicted octanol–water partition coefficient (Wildman–Crippen LogP) is 7.07. The van der Waals surface area contributed by atoms with Crippen LogP contribution in [-0.4, -0.2) is 0 Å². The van der Waals surface area contributed by atoms with Crippen LogP contribution in [0.5, 0.6) is 23.0 Å². The van der Waals surface area contributed by atoms with Crippen molar-refractivity contribution in [3.63, 3.8) is 0 Å². The van der Waals surface area contributed by atoms with Gasteiger partial charge in [-0.3, -0.25) is 0 Å². The first-order valence-electron chi connectivity index (χ1n) is 4.99. The maximum Gasteiger partial charge on any atom is 0.185 e. The van der Waals surface area contributed by atoms with Gasteiger partial charge < -0.3 is 9.47 Å². The third-order valence-corrected chi connectivity index (χ3v) is 5.46. The number of benzene rings is 2. The Labute approximate surface area is 140 Å². The second-order valence-corrected chi connectivity index (χ2v) is 6.57. The molecule has 98 valence electrons. The van der Waals surface area contributed by atoms with Crippen LogP contribution in [0, 0.1) is 0 Å². The molecule has 0 fully saturated rings. The van der Waals surface area contributed by atoms with Gasteiger partial charge in [0.15, 0.2) is 23.0 Å². The molecule has 1 aliphatic heterocycles. The lowest BCUT2D eigenvalue weighted by Crippen LogP contribution is -2.00. The Hall–Kier alpha value is -0.130. The van der Waals surface area contributed by atoms with Gasteiger partial charge in [0.2, 0.25) is 0 Å². The highest BCUT2D eigenvalue weighted by atomic mass is 79.9. The smallest absolute Gasteiger partial charge is 0.185 e. The third-order valence-electron chi connectivity index (χ3n) is 2.50. The van der Waals surface area contributed by atoms with Crippen LogP contribution in [-0.2, 0) is 0 Å². The molecule has 3 rings (SSSR count). The zero-order valence-corrected chi connectivity index (χ0v) is 14.4. The van der Waals surface area contributed by atoms with Crippen LogP contribution in [0.15, 0.2) is 27.1 Å². The van der Waals surface area contributed by atoms with Gasteiger partial charge in [0.1, 0.15) is 0 Å². The minimum Gasteiger partial charge on any atom is -0.449 e. The maximum atomic E-state index is 6.12. The first-order valence-corrected chi connectivity index (χ1v) is 7.71. The SMILES string of the molecule is Clc1cc2c(cc1Cl)Oc1c(cc(Br)c(Cl)c1Br)O2. The summed E-state index contributed by atoms with van der Waals surface area (Å²) in [5.74, 6) is 2.03. The molecule has 1 heterocycles. The number of halogens is 5. The minimum absolute atomic E-state index is 0.395. The zero-order valence-electron chi connectivity index (χ0n) is 8.94. The fourth-order valence-electron chi connectivity index (χ4n) is 1.63. The van der Waals surface area contributed by atoms with Crippen molar-refractivity contribution < 1.29 is 9.47 Å². The molecule has 0 saturated heterocycles. The highest BCUT2D eigenvalue weighted by Crippen LogP contribution is 2.53. The number of rotatable bonds is 0. The van der Waals surface area contributed by atoms with Gasteiger partial charge in [0, 0.05) is 22.7 Å². The van der Waals surface area contributed by atoms with Gasteiger partial charge in [-0.1, -0.05) is 34.8 Å². The first kappa shape index (κ1) is 13.8. The van der Waals surface area contributed by atoms with Crippen molar-refractivity contribution in [1.82, 2.24) is 0 Å². The standard InChI is InChI=1S/C12H3Br2Cl3O2/c13-4-1-9-12(10(14)11(4)17)19-8-3-6(16)5(15)2-7(8)18-9/h1-3H. The largest absolute Gasteiger partial charge is 0.449 e. The average molecular weight is 445 g/mol. The lowest BCUT2D eigenvalue weighted by atomic mass is 10.2. The van der Waals surface area contributed by atoms with E-state index in [1.165, 1.54) is 0 Å². The van der Waals surface area contributed by atoms with Crippen molar-refractivity contribution in [1.29, 1.82) is 0 Å². The molecule has 2 aromatic rings. The van der Waals surface area contributed by atoms with E-state index >= 15 is 0 Å². The summed E-state index contributed by atoms with van der Waals surface area (Å²) in [6.07, 6.45) is 0. The summed E-state index contributed by atoms with van der Waals surface area (Å²) < 4.78 is 12.8. The molecule has 7 heteroatoms. The van der Waals surface area contributed by atoms with Crippen molar-refractivity contribution in [2.24, 2.45) is 0 Å². The van der Waals surface area contributed by atoms with Gasteiger partial charge in [0.25, 0.3) is 0 Å². The molecule has 2 nitrogen and oxygen atoms in total. The second-order valence-electron chi connectivity index (χ2n) is 3.73. The lowest BCUT2D eigenvalue weighted by molar-refractivity contribution is 0.357. The molecule has 0 unspecified atom stereocenters. The second kappa shape index (κ2) is 5.01. The van der Waals surface area contributed by atoms with E-state index in [0.29, 0.717) is 47.0 Å². The van der Waals surface area contributed by atoms with Crippen LogP contribution in [0.25, 0.3) is 0 Å². The van der Waals surface area contributed by atoms with Crippen LogP contribution in [0.3, 0.4) is 0 Å². The van der Waals surface area contributed by atoms with Crippen molar-refractivity contribution in [2.45, 2.75) is 0 Å². The fourth-order valence-corrected chi connectivity index (χ4v) is 3.24. The Morgan fingerprint density at radius 2 is 1.37 bits per heavy atom. The Morgan fingerprint density at radius 3 is 2.00 bits per heavy atom. The van der Waals surface area contributed by atoms with E-state index in [-0.39, 0.29) is 0 Å². The number of ether oxygens (including phenoxy) is 2. The molecule has 0 spiro atoms. The molecule has 0 radical (unpaired) electrons. The van der Waals surface area contributed by atoms with E-state index in [9.17, 15) is 0 Å². The number of hydrogen-bond donors (Lipinski definition) is 0. The van der Waals surface area contributed by atoms with Crippen LogP contribution >= 0.6 is 66.7 Å². The van der Waals surface area contributed by atoms with Gasteiger partial charge in [-0.2, -0.15) is 0 Å². The Kier molecular flexibility index (Phi) is 3.65. The van der Waals surface area contributed by atoms with Gasteiger partial charge >= 0.3 is 0 Å². The third kappa shape index (κ3) is 2.34. The Balaban J connectivity index is 2.17. The van der Waals surface area contributed by atoms with Gasteiger partial charge in [-0.25, -0.2) is 0 Å². The van der Waals surface area contributed by atoms with Gasteiger partial charge in [-0.05, 0) is 31.9 Å². The fraction of sp³-hybridized carbons (Fsp3) is 0. The summed E-state index contributed by atoms with van der Waals surface area (Å²) in [6.45, 7) is 0. The molecule has 19 heavy (non-hydrogen) atoms. The molecule has 0 bridgehead atoms. The van der Waals surface area contributed by atoms with E-state index in [1.54, 1.807) is 18.2 Å². The van der Waals surface area contributed by atoms with Crippen molar-refractivity contribution >= 4 is 66.7 Å². The zero-order chi connectivity index (χ0) is 13.7. The molecular weight excluding hydrogens is 442 g/mol. The predicted molar refractivity (Wildman–Crippen MR) is 83.5 cm³/mol. The molecular formula is C12H3Br2Cl3O2. The molecule has 2 aromatic carbocycles. The molecule has 0 N–H and O–H groups in total. The summed E-state index contributed by atoms with van der Waals surface area (Å²) in [7, 11) is 0. The molecule has 0 amide bonds. The van der Waals surface area contributed by atoms with E-state index in [2.05, 4.69) is 31.9 Å². The molecule has 0 aromatic heterocycles. The maximum absolute atomic E-state index is 6.12. The molecule has 0 atom stereocenters. The van der Waals surface area contributed by atoms with Crippen LogP contribution in [0.1, 0.15) is 0 Å². The summed E-state index contributed by atoms with van der Waals surface area (Å²) >= 11 is 24.8. The van der Waals surface area contributed by atoms with E-state index < -0.39 is 0 Å². The van der Waals surface area contributed by atoms with E-state index in [1.807, 2.05) is 0 Å².